The zero-order valence-corrected chi connectivity index (χ0v) is 16.1. The first-order valence-electron chi connectivity index (χ1n) is 8.05. The Labute approximate surface area is 166 Å². The summed E-state index contributed by atoms with van der Waals surface area (Å²) in [5, 5.41) is 16.3. The number of aromatic nitrogens is 3. The second kappa shape index (κ2) is 8.49. The highest BCUT2D eigenvalue weighted by atomic mass is 35.5. The molecule has 0 atom stereocenters. The zero-order chi connectivity index (χ0) is 20.1. The van der Waals surface area contributed by atoms with E-state index in [1.165, 1.54) is 33.7 Å². The molecule has 0 aliphatic heterocycles. The highest BCUT2D eigenvalue weighted by molar-refractivity contribution is 6.30. The number of anilines is 4. The molecule has 3 aromatic rings. The molecule has 0 radical (unpaired) electrons. The van der Waals surface area contributed by atoms with Gasteiger partial charge in [0.05, 0.1) is 27.0 Å². The molecule has 3 rings (SSSR count). The van der Waals surface area contributed by atoms with Crippen molar-refractivity contribution in [2.24, 2.45) is 0 Å². The van der Waals surface area contributed by atoms with E-state index in [-0.39, 0.29) is 17.6 Å². The van der Waals surface area contributed by atoms with Gasteiger partial charge in [-0.25, -0.2) is 9.97 Å². The Kier molecular flexibility index (Phi) is 5.85. The van der Waals surface area contributed by atoms with Crippen LogP contribution in [0, 0.1) is 0 Å². The number of aromatic hydroxyl groups is 1. The van der Waals surface area contributed by atoms with Crippen LogP contribution in [0.4, 0.5) is 23.3 Å². The molecule has 0 spiro atoms. The van der Waals surface area contributed by atoms with E-state index in [4.69, 9.17) is 25.8 Å². The molecule has 1 aromatic heterocycles. The Morgan fingerprint density at radius 3 is 2.14 bits per heavy atom. The number of ether oxygens (including phenoxy) is 3. The van der Waals surface area contributed by atoms with Crippen molar-refractivity contribution in [3.63, 3.8) is 0 Å². The molecule has 3 N–H and O–H groups in total. The average Bonchev–Trinajstić information content (AvgIpc) is 2.70. The summed E-state index contributed by atoms with van der Waals surface area (Å²) >= 11 is 5.95. The van der Waals surface area contributed by atoms with Gasteiger partial charge >= 0.3 is 0 Å². The van der Waals surface area contributed by atoms with Crippen LogP contribution in [0.2, 0.25) is 5.02 Å². The molecule has 0 saturated heterocycles. The predicted molar refractivity (Wildman–Crippen MR) is 106 cm³/mol. The minimum Gasteiger partial charge on any atom is -0.506 e. The third-order valence-corrected chi connectivity index (χ3v) is 3.93. The van der Waals surface area contributed by atoms with Crippen LogP contribution in [0.3, 0.4) is 0 Å². The number of hydrogen-bond acceptors (Lipinski definition) is 9. The van der Waals surface area contributed by atoms with Gasteiger partial charge in [0.2, 0.25) is 17.6 Å². The maximum Gasteiger partial charge on any atom is 0.232 e. The fourth-order valence-electron chi connectivity index (χ4n) is 2.43. The van der Waals surface area contributed by atoms with Crippen LogP contribution in [0.1, 0.15) is 0 Å². The molecule has 10 heteroatoms. The standard InChI is InChI=1S/C18H18ClN5O4/c1-26-14-7-11(8-15(27-2)16(14)28-3)22-17-20-9-21-18(24-17)23-12-6-10(19)4-5-13(12)25/h4-9,25H,1-3H3,(H2,20,21,22,23,24). The van der Waals surface area contributed by atoms with Crippen molar-refractivity contribution in [3.8, 4) is 23.0 Å². The molecule has 9 nitrogen and oxygen atoms in total. The first-order chi connectivity index (χ1) is 13.5. The molecule has 146 valence electrons. The maximum atomic E-state index is 9.92. The van der Waals surface area contributed by atoms with Gasteiger partial charge in [0.1, 0.15) is 12.1 Å². The van der Waals surface area contributed by atoms with E-state index in [0.29, 0.717) is 33.6 Å². The zero-order valence-electron chi connectivity index (χ0n) is 15.4. The Morgan fingerprint density at radius 1 is 0.893 bits per heavy atom. The minimum atomic E-state index is 0.0175. The maximum absolute atomic E-state index is 9.92. The summed E-state index contributed by atoms with van der Waals surface area (Å²) in [6, 6.07) is 8.06. The molecule has 0 bridgehead atoms. The van der Waals surface area contributed by atoms with E-state index in [1.54, 1.807) is 24.3 Å². The van der Waals surface area contributed by atoms with Crippen molar-refractivity contribution in [2.75, 3.05) is 32.0 Å². The summed E-state index contributed by atoms with van der Waals surface area (Å²) in [7, 11) is 4.59. The summed E-state index contributed by atoms with van der Waals surface area (Å²) in [5.74, 6) is 1.96. The van der Waals surface area contributed by atoms with E-state index in [1.807, 2.05) is 0 Å². The molecule has 0 saturated carbocycles. The normalized spacial score (nSPS) is 10.3. The summed E-state index contributed by atoms with van der Waals surface area (Å²) in [6.07, 6.45) is 1.33. The summed E-state index contributed by atoms with van der Waals surface area (Å²) < 4.78 is 16.0. The highest BCUT2D eigenvalue weighted by Crippen LogP contribution is 2.40. The minimum absolute atomic E-state index is 0.0175. The highest BCUT2D eigenvalue weighted by Gasteiger charge is 2.14. The van der Waals surface area contributed by atoms with Gasteiger partial charge in [0.25, 0.3) is 0 Å². The Morgan fingerprint density at radius 2 is 1.54 bits per heavy atom. The predicted octanol–water partition coefficient (Wildman–Crippen LogP) is 3.74. The number of nitrogens with one attached hydrogen (secondary N) is 2. The Bertz CT molecular complexity index is 961. The summed E-state index contributed by atoms with van der Waals surface area (Å²) in [6.45, 7) is 0. The third-order valence-electron chi connectivity index (χ3n) is 3.70. The molecule has 28 heavy (non-hydrogen) atoms. The van der Waals surface area contributed by atoms with E-state index in [2.05, 4.69) is 25.6 Å². The fraction of sp³-hybridized carbons (Fsp3) is 0.167. The van der Waals surface area contributed by atoms with Gasteiger partial charge in [-0.05, 0) is 18.2 Å². The van der Waals surface area contributed by atoms with Crippen LogP contribution in [0.25, 0.3) is 0 Å². The van der Waals surface area contributed by atoms with E-state index >= 15 is 0 Å². The van der Waals surface area contributed by atoms with Crippen molar-refractivity contribution in [1.29, 1.82) is 0 Å². The van der Waals surface area contributed by atoms with Crippen LogP contribution in [0.15, 0.2) is 36.7 Å². The van der Waals surface area contributed by atoms with Crippen molar-refractivity contribution in [2.45, 2.75) is 0 Å². The third kappa shape index (κ3) is 4.26. The SMILES string of the molecule is COc1cc(Nc2ncnc(Nc3cc(Cl)ccc3O)n2)cc(OC)c1OC. The quantitative estimate of drug-likeness (QED) is 0.508. The molecular formula is C18H18ClN5O4. The number of rotatable bonds is 7. The monoisotopic (exact) mass is 403 g/mol. The first-order valence-corrected chi connectivity index (χ1v) is 8.43. The first kappa shape index (κ1) is 19.3. The van der Waals surface area contributed by atoms with Gasteiger partial charge in [-0.1, -0.05) is 11.6 Å². The Balaban J connectivity index is 1.86. The lowest BCUT2D eigenvalue weighted by Gasteiger charge is -2.14. The van der Waals surface area contributed by atoms with Crippen LogP contribution in [-0.2, 0) is 0 Å². The molecule has 2 aromatic carbocycles. The Hall–Kier alpha value is -3.46. The number of halogens is 1. The second-order valence-corrected chi connectivity index (χ2v) is 5.89. The van der Waals surface area contributed by atoms with Gasteiger partial charge in [0.15, 0.2) is 11.5 Å². The summed E-state index contributed by atoms with van der Waals surface area (Å²) in [5.41, 5.74) is 0.995. The number of phenols is 1. The van der Waals surface area contributed by atoms with Gasteiger partial charge in [-0.3, -0.25) is 0 Å². The smallest absolute Gasteiger partial charge is 0.232 e. The number of methoxy groups -OCH3 is 3. The number of nitrogens with zero attached hydrogens (tertiary/aromatic N) is 3. The largest absolute Gasteiger partial charge is 0.506 e. The lowest BCUT2D eigenvalue weighted by Crippen LogP contribution is -2.04. The number of benzene rings is 2. The van der Waals surface area contributed by atoms with Crippen molar-refractivity contribution >= 4 is 34.9 Å². The van der Waals surface area contributed by atoms with Crippen LogP contribution in [0.5, 0.6) is 23.0 Å². The molecule has 0 aliphatic carbocycles. The van der Waals surface area contributed by atoms with Gasteiger partial charge in [-0.2, -0.15) is 4.98 Å². The van der Waals surface area contributed by atoms with Gasteiger partial charge in [-0.15, -0.1) is 0 Å². The van der Waals surface area contributed by atoms with Gasteiger partial charge in [0, 0.05) is 22.8 Å². The molecule has 0 amide bonds. The molecule has 0 aliphatic rings. The summed E-state index contributed by atoms with van der Waals surface area (Å²) in [4.78, 5) is 12.4. The van der Waals surface area contributed by atoms with Crippen molar-refractivity contribution in [3.05, 3.63) is 41.7 Å². The van der Waals surface area contributed by atoms with E-state index < -0.39 is 0 Å². The van der Waals surface area contributed by atoms with Crippen molar-refractivity contribution < 1.29 is 19.3 Å². The van der Waals surface area contributed by atoms with E-state index in [9.17, 15) is 5.11 Å². The number of hydrogen-bond donors (Lipinski definition) is 3. The average molecular weight is 404 g/mol. The lowest BCUT2D eigenvalue weighted by atomic mass is 10.2. The van der Waals surface area contributed by atoms with Crippen LogP contribution >= 0.6 is 11.6 Å². The molecular weight excluding hydrogens is 386 g/mol. The van der Waals surface area contributed by atoms with E-state index in [0.717, 1.165) is 0 Å². The van der Waals surface area contributed by atoms with Crippen LogP contribution in [-0.4, -0.2) is 41.4 Å². The molecule has 1 heterocycles. The molecule has 0 fully saturated rings. The number of phenolic OH excluding ortho intramolecular Hbond substituents is 1. The van der Waals surface area contributed by atoms with Crippen molar-refractivity contribution in [1.82, 2.24) is 15.0 Å². The topological polar surface area (TPSA) is 111 Å². The lowest BCUT2D eigenvalue weighted by molar-refractivity contribution is 0.324. The molecule has 0 unspecified atom stereocenters. The van der Waals surface area contributed by atoms with Crippen LogP contribution < -0.4 is 24.8 Å². The fourth-order valence-corrected chi connectivity index (χ4v) is 2.60. The van der Waals surface area contributed by atoms with Gasteiger partial charge < -0.3 is 30.0 Å². The second-order valence-electron chi connectivity index (χ2n) is 5.46.